The van der Waals surface area contributed by atoms with E-state index in [-0.39, 0.29) is 12.5 Å². The van der Waals surface area contributed by atoms with Crippen LogP contribution >= 0.6 is 0 Å². The van der Waals surface area contributed by atoms with Gasteiger partial charge in [-0.05, 0) is 12.1 Å². The minimum Gasteiger partial charge on any atom is -0.484 e. The summed E-state index contributed by atoms with van der Waals surface area (Å²) in [5.74, 6) is 0.473. The van der Waals surface area contributed by atoms with E-state index in [1.807, 2.05) is 18.2 Å². The second-order valence-corrected chi connectivity index (χ2v) is 3.34. The molecule has 0 spiro atoms. The van der Waals surface area contributed by atoms with Gasteiger partial charge in [0.05, 0.1) is 12.7 Å². The van der Waals surface area contributed by atoms with E-state index in [0.717, 1.165) is 0 Å². The van der Waals surface area contributed by atoms with Crippen LogP contribution in [0.3, 0.4) is 0 Å². The summed E-state index contributed by atoms with van der Waals surface area (Å²) in [6.07, 6.45) is 1.55. The van der Waals surface area contributed by atoms with Crippen LogP contribution in [0.1, 0.15) is 5.69 Å². The molecule has 0 unspecified atom stereocenters. The van der Waals surface area contributed by atoms with Gasteiger partial charge >= 0.3 is 0 Å². The first kappa shape index (κ1) is 11.1. The maximum absolute atomic E-state index is 11.4. The number of nitrogens with one attached hydrogen (secondary N) is 2. The smallest absolute Gasteiger partial charge is 0.258 e. The number of rotatable bonds is 5. The van der Waals surface area contributed by atoms with E-state index in [1.54, 1.807) is 18.3 Å². The van der Waals surface area contributed by atoms with Crippen molar-refractivity contribution < 1.29 is 9.53 Å². The van der Waals surface area contributed by atoms with Crippen molar-refractivity contribution in [2.24, 2.45) is 0 Å². The Morgan fingerprint density at radius 3 is 2.88 bits per heavy atom. The van der Waals surface area contributed by atoms with E-state index >= 15 is 0 Å². The molecule has 1 heterocycles. The Balaban J connectivity index is 1.71. The predicted octanol–water partition coefficient (Wildman–Crippen LogP) is 0.500. The number of carbonyl (C=O) groups excluding carboxylic acids is 1. The monoisotopic (exact) mass is 232 g/mol. The lowest BCUT2D eigenvalue weighted by Gasteiger charge is -2.05. The fraction of sp³-hybridized carbons (Fsp3) is 0.182. The fourth-order valence-corrected chi connectivity index (χ4v) is 1.22. The van der Waals surface area contributed by atoms with E-state index in [2.05, 4.69) is 20.7 Å². The topological polar surface area (TPSA) is 79.9 Å². The van der Waals surface area contributed by atoms with E-state index in [4.69, 9.17) is 4.74 Å². The second kappa shape index (κ2) is 5.64. The lowest BCUT2D eigenvalue weighted by molar-refractivity contribution is -0.123. The molecular weight excluding hydrogens is 220 g/mol. The molecule has 2 N–H and O–H groups in total. The SMILES string of the molecule is O=C(COc1ccccc1)NCc1cn[nH]n1. The summed E-state index contributed by atoms with van der Waals surface area (Å²) in [4.78, 5) is 11.4. The number of aromatic amines is 1. The number of nitrogens with zero attached hydrogens (tertiary/aromatic N) is 2. The lowest BCUT2D eigenvalue weighted by Crippen LogP contribution is -2.28. The first-order chi connectivity index (χ1) is 8.34. The number of hydrogen-bond acceptors (Lipinski definition) is 4. The fourth-order valence-electron chi connectivity index (χ4n) is 1.22. The molecule has 0 aliphatic rings. The standard InChI is InChI=1S/C11H12N4O2/c16-11(12-6-9-7-13-15-14-9)8-17-10-4-2-1-3-5-10/h1-5,7H,6,8H2,(H,12,16)(H,13,14,15). The van der Waals surface area contributed by atoms with Crippen LogP contribution in [0, 0.1) is 0 Å². The number of carbonyl (C=O) groups is 1. The van der Waals surface area contributed by atoms with Crippen LogP contribution in [0.5, 0.6) is 5.75 Å². The third kappa shape index (κ3) is 3.60. The van der Waals surface area contributed by atoms with Crippen LogP contribution in [-0.4, -0.2) is 27.9 Å². The predicted molar refractivity (Wildman–Crippen MR) is 60.2 cm³/mol. The van der Waals surface area contributed by atoms with Crippen molar-refractivity contribution in [3.05, 3.63) is 42.2 Å². The van der Waals surface area contributed by atoms with Crippen LogP contribution in [-0.2, 0) is 11.3 Å². The summed E-state index contributed by atoms with van der Waals surface area (Å²) >= 11 is 0. The van der Waals surface area contributed by atoms with Crippen LogP contribution in [0.25, 0.3) is 0 Å². The van der Waals surface area contributed by atoms with Crippen molar-refractivity contribution in [3.63, 3.8) is 0 Å². The summed E-state index contributed by atoms with van der Waals surface area (Å²) in [6, 6.07) is 9.18. The normalized spacial score (nSPS) is 9.88. The molecule has 1 aromatic heterocycles. The molecular formula is C11H12N4O2. The molecule has 1 aromatic carbocycles. The van der Waals surface area contributed by atoms with Crippen molar-refractivity contribution >= 4 is 5.91 Å². The van der Waals surface area contributed by atoms with Gasteiger partial charge in [0.25, 0.3) is 5.91 Å². The number of H-pyrrole nitrogens is 1. The highest BCUT2D eigenvalue weighted by molar-refractivity contribution is 5.77. The number of ether oxygens (including phenoxy) is 1. The molecule has 0 atom stereocenters. The maximum Gasteiger partial charge on any atom is 0.258 e. The highest BCUT2D eigenvalue weighted by Gasteiger charge is 2.03. The quantitative estimate of drug-likeness (QED) is 0.786. The molecule has 88 valence electrons. The number of benzene rings is 1. The van der Waals surface area contributed by atoms with Gasteiger partial charge in [-0.3, -0.25) is 4.79 Å². The Labute approximate surface area is 98.0 Å². The van der Waals surface area contributed by atoms with Gasteiger partial charge in [0.1, 0.15) is 11.4 Å². The van der Waals surface area contributed by atoms with Gasteiger partial charge < -0.3 is 10.1 Å². The second-order valence-electron chi connectivity index (χ2n) is 3.34. The Kier molecular flexibility index (Phi) is 3.69. The number of aromatic nitrogens is 3. The molecule has 6 heteroatoms. The highest BCUT2D eigenvalue weighted by atomic mass is 16.5. The van der Waals surface area contributed by atoms with Gasteiger partial charge in [0.2, 0.25) is 0 Å². The van der Waals surface area contributed by atoms with Crippen molar-refractivity contribution in [2.75, 3.05) is 6.61 Å². The largest absolute Gasteiger partial charge is 0.484 e. The molecule has 0 aliphatic carbocycles. The molecule has 1 amide bonds. The summed E-state index contributed by atoms with van der Waals surface area (Å²) < 4.78 is 5.28. The zero-order valence-electron chi connectivity index (χ0n) is 9.09. The lowest BCUT2D eigenvalue weighted by atomic mass is 10.3. The first-order valence-electron chi connectivity index (χ1n) is 5.14. The van der Waals surface area contributed by atoms with Gasteiger partial charge in [-0.2, -0.15) is 15.4 Å². The Bertz CT molecular complexity index is 456. The van der Waals surface area contributed by atoms with Crippen molar-refractivity contribution in [1.82, 2.24) is 20.7 Å². The Morgan fingerprint density at radius 1 is 1.35 bits per heavy atom. The Hall–Kier alpha value is -2.37. The molecule has 17 heavy (non-hydrogen) atoms. The van der Waals surface area contributed by atoms with Crippen LogP contribution in [0.2, 0.25) is 0 Å². The van der Waals surface area contributed by atoms with E-state index in [9.17, 15) is 4.79 Å². The van der Waals surface area contributed by atoms with Crippen LogP contribution in [0.15, 0.2) is 36.5 Å². The van der Waals surface area contributed by atoms with E-state index in [0.29, 0.717) is 18.0 Å². The molecule has 2 rings (SSSR count). The summed E-state index contributed by atoms with van der Waals surface area (Å²) in [7, 11) is 0. The van der Waals surface area contributed by atoms with Gasteiger partial charge in [-0.25, -0.2) is 0 Å². The van der Waals surface area contributed by atoms with Gasteiger partial charge in [0, 0.05) is 0 Å². The molecule has 0 saturated carbocycles. The van der Waals surface area contributed by atoms with Gasteiger partial charge in [0.15, 0.2) is 6.61 Å². The van der Waals surface area contributed by atoms with Crippen LogP contribution < -0.4 is 10.1 Å². The molecule has 0 saturated heterocycles. The first-order valence-corrected chi connectivity index (χ1v) is 5.14. The molecule has 2 aromatic rings. The number of amides is 1. The summed E-state index contributed by atoms with van der Waals surface area (Å²) in [6.45, 7) is 0.329. The van der Waals surface area contributed by atoms with Gasteiger partial charge in [-0.15, -0.1) is 0 Å². The number of para-hydroxylation sites is 1. The summed E-state index contributed by atoms with van der Waals surface area (Å²) in [5.41, 5.74) is 0.679. The molecule has 6 nitrogen and oxygen atoms in total. The minimum atomic E-state index is -0.197. The molecule has 0 radical (unpaired) electrons. The van der Waals surface area contributed by atoms with Crippen LogP contribution in [0.4, 0.5) is 0 Å². The molecule has 0 bridgehead atoms. The van der Waals surface area contributed by atoms with Crippen molar-refractivity contribution in [2.45, 2.75) is 6.54 Å². The minimum absolute atomic E-state index is 0.0120. The third-order valence-electron chi connectivity index (χ3n) is 2.04. The summed E-state index contributed by atoms with van der Waals surface area (Å²) in [5, 5.41) is 12.6. The average Bonchev–Trinajstić information content (AvgIpc) is 2.88. The zero-order valence-corrected chi connectivity index (χ0v) is 9.09. The molecule has 0 fully saturated rings. The zero-order chi connectivity index (χ0) is 11.9. The highest BCUT2D eigenvalue weighted by Crippen LogP contribution is 2.07. The van der Waals surface area contributed by atoms with Gasteiger partial charge in [-0.1, -0.05) is 18.2 Å². The third-order valence-corrected chi connectivity index (χ3v) is 2.04. The Morgan fingerprint density at radius 2 is 2.18 bits per heavy atom. The maximum atomic E-state index is 11.4. The van der Waals surface area contributed by atoms with E-state index < -0.39 is 0 Å². The van der Waals surface area contributed by atoms with E-state index in [1.165, 1.54) is 0 Å². The number of hydrogen-bond donors (Lipinski definition) is 2. The van der Waals surface area contributed by atoms with Crippen molar-refractivity contribution in [1.29, 1.82) is 0 Å². The average molecular weight is 232 g/mol. The van der Waals surface area contributed by atoms with Crippen molar-refractivity contribution in [3.8, 4) is 5.75 Å². The molecule has 0 aliphatic heterocycles.